The Hall–Kier alpha value is -1.95. The summed E-state index contributed by atoms with van der Waals surface area (Å²) in [5, 5.41) is 15.6. The highest BCUT2D eigenvalue weighted by atomic mass is 31.2. The molecule has 1 aliphatic carbocycles. The van der Waals surface area contributed by atoms with Crippen molar-refractivity contribution in [2.75, 3.05) is 0 Å². The summed E-state index contributed by atoms with van der Waals surface area (Å²) >= 11 is 0. The number of hydrogen-bond donors (Lipinski definition) is 1. The Kier molecular flexibility index (Phi) is 12.1. The second kappa shape index (κ2) is 15.7. The fraction of sp³-hybridized carbons (Fsp3) is 0.514. The lowest BCUT2D eigenvalue weighted by Gasteiger charge is -2.42. The van der Waals surface area contributed by atoms with Crippen molar-refractivity contribution in [1.82, 2.24) is 0 Å². The zero-order chi connectivity index (χ0) is 27.3. The van der Waals surface area contributed by atoms with E-state index in [1.165, 1.54) is 67.3 Å². The fourth-order valence-electron chi connectivity index (χ4n) is 7.25. The van der Waals surface area contributed by atoms with Gasteiger partial charge in [0, 0.05) is 0 Å². The summed E-state index contributed by atoms with van der Waals surface area (Å²) in [4.78, 5) is 0. The van der Waals surface area contributed by atoms with Crippen molar-refractivity contribution in [3.8, 4) is 0 Å². The highest BCUT2D eigenvalue weighted by Crippen LogP contribution is 2.64. The van der Waals surface area contributed by atoms with Crippen LogP contribution in [0.2, 0.25) is 0 Å². The Balaban J connectivity index is 1.78. The first-order chi connectivity index (χ1) is 19.2. The SMILES string of the molecule is CCCCCC1CCC(C(CCC(O)CCCC)[P+](c2ccccc2)(c2ccccc2)c2ccccc2)CC1. The Labute approximate surface area is 239 Å². The second-order valence-electron chi connectivity index (χ2n) is 11.9. The molecule has 1 fully saturated rings. The van der Waals surface area contributed by atoms with E-state index in [9.17, 15) is 5.11 Å². The quantitative estimate of drug-likeness (QED) is 0.150. The van der Waals surface area contributed by atoms with Gasteiger partial charge in [0.1, 0.15) is 23.2 Å². The molecule has 1 saturated carbocycles. The summed E-state index contributed by atoms with van der Waals surface area (Å²) in [6, 6.07) is 34.4. The summed E-state index contributed by atoms with van der Waals surface area (Å²) < 4.78 is 0. The van der Waals surface area contributed by atoms with Gasteiger partial charge in [-0.3, -0.25) is 0 Å². The molecule has 3 aromatic carbocycles. The first-order valence-electron chi connectivity index (χ1n) is 15.9. The number of hydrogen-bond acceptors (Lipinski definition) is 1. The minimum absolute atomic E-state index is 0.193. The molecular weight excluding hydrogens is 491 g/mol. The molecule has 1 N–H and O–H groups in total. The molecule has 0 heterocycles. The van der Waals surface area contributed by atoms with Crippen molar-refractivity contribution in [2.24, 2.45) is 11.8 Å². The third kappa shape index (κ3) is 7.62. The van der Waals surface area contributed by atoms with E-state index in [4.69, 9.17) is 0 Å². The average molecular weight is 544 g/mol. The third-order valence-electron chi connectivity index (χ3n) is 9.33. The first-order valence-corrected chi connectivity index (χ1v) is 17.8. The van der Waals surface area contributed by atoms with Crippen LogP contribution in [-0.2, 0) is 0 Å². The van der Waals surface area contributed by atoms with Crippen LogP contribution in [-0.4, -0.2) is 16.9 Å². The summed E-state index contributed by atoms with van der Waals surface area (Å²) in [6.07, 6.45) is 15.9. The highest BCUT2D eigenvalue weighted by molar-refractivity contribution is 7.96. The standard InChI is InChI=1S/C37H52OP/c1-3-5-10-17-31-25-27-32(28-26-31)37(30-29-33(38)18-6-4-2)39(34-19-11-7-12-20-34,35-21-13-8-14-22-35)36-23-15-9-16-24-36/h7-9,11-16,19-24,31-33,37-38H,3-6,10,17-18,25-30H2,1-2H3/q+1. The molecule has 0 aliphatic heterocycles. The maximum atomic E-state index is 11.1. The van der Waals surface area contributed by atoms with Crippen LogP contribution >= 0.6 is 7.26 Å². The summed E-state index contributed by atoms with van der Waals surface area (Å²) in [5.74, 6) is 1.60. The maximum Gasteiger partial charge on any atom is 0.115 e. The molecule has 39 heavy (non-hydrogen) atoms. The van der Waals surface area contributed by atoms with E-state index in [1.807, 2.05) is 0 Å². The van der Waals surface area contributed by atoms with Crippen LogP contribution in [0.3, 0.4) is 0 Å². The molecule has 2 unspecified atom stereocenters. The van der Waals surface area contributed by atoms with Gasteiger partial charge in [-0.1, -0.05) is 120 Å². The highest BCUT2D eigenvalue weighted by Gasteiger charge is 2.54. The Morgan fingerprint density at radius 1 is 0.615 bits per heavy atom. The van der Waals surface area contributed by atoms with Gasteiger partial charge in [-0.25, -0.2) is 0 Å². The van der Waals surface area contributed by atoms with E-state index in [0.717, 1.165) is 38.0 Å². The number of unbranched alkanes of at least 4 members (excludes halogenated alkanes) is 3. The van der Waals surface area contributed by atoms with Crippen LogP contribution in [0, 0.1) is 11.8 Å². The molecule has 2 heteroatoms. The number of benzene rings is 3. The fourth-order valence-corrected chi connectivity index (χ4v) is 12.7. The molecule has 2 atom stereocenters. The molecule has 210 valence electrons. The van der Waals surface area contributed by atoms with Crippen molar-refractivity contribution in [3.05, 3.63) is 91.0 Å². The normalized spacial score (nSPS) is 19.5. The molecule has 0 radical (unpaired) electrons. The lowest BCUT2D eigenvalue weighted by Crippen LogP contribution is -2.43. The molecule has 3 aromatic rings. The summed E-state index contributed by atoms with van der Waals surface area (Å²) in [5.41, 5.74) is 0.539. The second-order valence-corrected chi connectivity index (χ2v) is 15.6. The lowest BCUT2D eigenvalue weighted by atomic mass is 9.77. The van der Waals surface area contributed by atoms with Crippen molar-refractivity contribution < 1.29 is 5.11 Å². The minimum atomic E-state index is -1.97. The number of aliphatic hydroxyl groups excluding tert-OH is 1. The van der Waals surface area contributed by atoms with E-state index in [2.05, 4.69) is 105 Å². The Bertz CT molecular complexity index is 946. The van der Waals surface area contributed by atoms with Crippen molar-refractivity contribution >= 4 is 23.2 Å². The van der Waals surface area contributed by atoms with Gasteiger partial charge in [0.25, 0.3) is 0 Å². The van der Waals surface area contributed by atoms with Gasteiger partial charge >= 0.3 is 0 Å². The molecule has 0 amide bonds. The molecule has 4 rings (SSSR count). The smallest absolute Gasteiger partial charge is 0.115 e. The Morgan fingerprint density at radius 3 is 1.56 bits per heavy atom. The van der Waals surface area contributed by atoms with Crippen molar-refractivity contribution in [3.63, 3.8) is 0 Å². The molecule has 0 bridgehead atoms. The molecular formula is C37H52OP+. The van der Waals surface area contributed by atoms with Crippen LogP contribution in [0.4, 0.5) is 0 Å². The number of aliphatic hydroxyl groups is 1. The van der Waals surface area contributed by atoms with Crippen LogP contribution in [0.5, 0.6) is 0 Å². The van der Waals surface area contributed by atoms with Crippen LogP contribution in [0.1, 0.15) is 97.3 Å². The van der Waals surface area contributed by atoms with E-state index >= 15 is 0 Å². The zero-order valence-electron chi connectivity index (χ0n) is 24.6. The Morgan fingerprint density at radius 2 is 1.10 bits per heavy atom. The summed E-state index contributed by atoms with van der Waals surface area (Å²) in [7, 11) is -1.97. The monoisotopic (exact) mass is 543 g/mol. The van der Waals surface area contributed by atoms with Gasteiger partial charge in [-0.05, 0) is 80.3 Å². The largest absolute Gasteiger partial charge is 0.393 e. The van der Waals surface area contributed by atoms with Gasteiger partial charge in [-0.15, -0.1) is 0 Å². The van der Waals surface area contributed by atoms with Gasteiger partial charge in [-0.2, -0.15) is 0 Å². The van der Waals surface area contributed by atoms with Gasteiger partial charge < -0.3 is 5.11 Å². The van der Waals surface area contributed by atoms with Gasteiger partial charge in [0.05, 0.1) is 11.8 Å². The van der Waals surface area contributed by atoms with Crippen LogP contribution in [0.15, 0.2) is 91.0 Å². The molecule has 0 saturated heterocycles. The maximum absolute atomic E-state index is 11.1. The topological polar surface area (TPSA) is 20.2 Å². The molecule has 1 nitrogen and oxygen atoms in total. The molecule has 0 aromatic heterocycles. The van der Waals surface area contributed by atoms with Crippen LogP contribution < -0.4 is 15.9 Å². The van der Waals surface area contributed by atoms with E-state index < -0.39 is 7.26 Å². The first kappa shape index (κ1) is 30.0. The zero-order valence-corrected chi connectivity index (χ0v) is 25.5. The van der Waals surface area contributed by atoms with Crippen molar-refractivity contribution in [1.29, 1.82) is 0 Å². The van der Waals surface area contributed by atoms with E-state index in [0.29, 0.717) is 11.6 Å². The van der Waals surface area contributed by atoms with Crippen LogP contribution in [0.25, 0.3) is 0 Å². The number of rotatable bonds is 15. The predicted octanol–water partition coefficient (Wildman–Crippen LogP) is 9.07. The van der Waals surface area contributed by atoms with Gasteiger partial charge in [0.15, 0.2) is 0 Å². The average Bonchev–Trinajstić information content (AvgIpc) is 3.00. The third-order valence-corrected chi connectivity index (χ3v) is 14.3. The van der Waals surface area contributed by atoms with E-state index in [1.54, 1.807) is 0 Å². The minimum Gasteiger partial charge on any atom is -0.393 e. The van der Waals surface area contributed by atoms with E-state index in [-0.39, 0.29) is 6.10 Å². The lowest BCUT2D eigenvalue weighted by molar-refractivity contribution is 0.144. The molecule has 1 aliphatic rings. The van der Waals surface area contributed by atoms with Gasteiger partial charge in [0.2, 0.25) is 0 Å². The predicted molar refractivity (Wildman–Crippen MR) is 173 cm³/mol. The molecule has 0 spiro atoms. The van der Waals surface area contributed by atoms with Crippen molar-refractivity contribution in [2.45, 2.75) is 109 Å². The summed E-state index contributed by atoms with van der Waals surface area (Å²) in [6.45, 7) is 4.54.